The molecule has 1 aromatic rings. The number of carboxylic acid groups (broad SMARTS) is 1. The predicted octanol–water partition coefficient (Wildman–Crippen LogP) is 3.81. The number of carbonyl (C=O) groups is 2. The third-order valence-corrected chi connectivity index (χ3v) is 4.63. The van der Waals surface area contributed by atoms with Gasteiger partial charge in [-0.25, -0.2) is 4.79 Å². The molecule has 3 atom stereocenters. The van der Waals surface area contributed by atoms with E-state index in [0.717, 1.165) is 5.56 Å². The summed E-state index contributed by atoms with van der Waals surface area (Å²) < 4.78 is 0. The first-order chi connectivity index (χ1) is 10.8. The van der Waals surface area contributed by atoms with Crippen LogP contribution in [0, 0.1) is 11.8 Å². The molecule has 1 aromatic carbocycles. The van der Waals surface area contributed by atoms with Crippen LogP contribution in [0.15, 0.2) is 18.2 Å². The van der Waals surface area contributed by atoms with Gasteiger partial charge in [-0.3, -0.25) is 4.79 Å². The molecule has 0 radical (unpaired) electrons. The molecular weight excluding hydrogens is 339 g/mol. The Morgan fingerprint density at radius 1 is 1.35 bits per heavy atom. The molecule has 5 nitrogen and oxygen atoms in total. The summed E-state index contributed by atoms with van der Waals surface area (Å²) in [7, 11) is 0. The first-order valence-electron chi connectivity index (χ1n) is 7.51. The molecule has 0 aliphatic carbocycles. The number of hydrogen-bond donors (Lipinski definition) is 2. The van der Waals surface area contributed by atoms with Gasteiger partial charge in [0.05, 0.1) is 12.0 Å². The number of urea groups is 1. The lowest BCUT2D eigenvalue weighted by Crippen LogP contribution is -2.49. The average molecular weight is 359 g/mol. The van der Waals surface area contributed by atoms with Crippen molar-refractivity contribution in [3.05, 3.63) is 33.8 Å². The number of amides is 2. The van der Waals surface area contributed by atoms with Crippen LogP contribution in [0.5, 0.6) is 0 Å². The molecule has 0 aromatic heterocycles. The zero-order valence-corrected chi connectivity index (χ0v) is 14.6. The summed E-state index contributed by atoms with van der Waals surface area (Å²) in [6, 6.07) is 4.54. The molecule has 2 rings (SSSR count). The molecule has 0 saturated carbocycles. The monoisotopic (exact) mass is 358 g/mol. The van der Waals surface area contributed by atoms with E-state index >= 15 is 0 Å². The Morgan fingerprint density at radius 2 is 2.04 bits per heavy atom. The van der Waals surface area contributed by atoms with Gasteiger partial charge in [-0.2, -0.15) is 0 Å². The van der Waals surface area contributed by atoms with Crippen LogP contribution in [0.25, 0.3) is 0 Å². The van der Waals surface area contributed by atoms with E-state index in [4.69, 9.17) is 23.2 Å². The van der Waals surface area contributed by atoms with Crippen LogP contribution in [0.4, 0.5) is 4.79 Å². The number of carbonyl (C=O) groups excluding carboxylic acids is 1. The number of hydrogen-bond acceptors (Lipinski definition) is 2. The van der Waals surface area contributed by atoms with Gasteiger partial charge in [-0.05, 0) is 37.0 Å². The molecule has 23 heavy (non-hydrogen) atoms. The molecule has 0 spiro atoms. The van der Waals surface area contributed by atoms with Crippen molar-refractivity contribution in [2.75, 3.05) is 13.1 Å². The Hall–Kier alpha value is -1.46. The smallest absolute Gasteiger partial charge is 0.317 e. The fourth-order valence-electron chi connectivity index (χ4n) is 2.90. The Bertz CT molecular complexity index is 609. The number of rotatable bonds is 3. The molecule has 0 bridgehead atoms. The zero-order valence-electron chi connectivity index (χ0n) is 13.1. The highest BCUT2D eigenvalue weighted by Crippen LogP contribution is 2.27. The minimum Gasteiger partial charge on any atom is -0.481 e. The van der Waals surface area contributed by atoms with Crippen LogP contribution in [0.1, 0.15) is 31.9 Å². The van der Waals surface area contributed by atoms with Gasteiger partial charge in [0.1, 0.15) is 0 Å². The van der Waals surface area contributed by atoms with Gasteiger partial charge in [0.2, 0.25) is 0 Å². The van der Waals surface area contributed by atoms with Crippen LogP contribution in [-0.2, 0) is 4.79 Å². The minimum absolute atomic E-state index is 0.157. The lowest BCUT2D eigenvalue weighted by Gasteiger charge is -2.35. The Balaban J connectivity index is 2.04. The summed E-state index contributed by atoms with van der Waals surface area (Å²) in [5.41, 5.74) is 0.768. The van der Waals surface area contributed by atoms with Crippen molar-refractivity contribution in [3.63, 3.8) is 0 Å². The molecule has 2 amide bonds. The maximum absolute atomic E-state index is 12.4. The quantitative estimate of drug-likeness (QED) is 0.862. The minimum atomic E-state index is -0.858. The Kier molecular flexibility index (Phi) is 5.76. The summed E-state index contributed by atoms with van der Waals surface area (Å²) in [4.78, 5) is 25.2. The molecule has 1 aliphatic rings. The van der Waals surface area contributed by atoms with Crippen molar-refractivity contribution < 1.29 is 14.7 Å². The summed E-state index contributed by atoms with van der Waals surface area (Å²) in [6.07, 6.45) is 0.595. The molecule has 1 saturated heterocycles. The van der Waals surface area contributed by atoms with Crippen molar-refractivity contribution >= 4 is 35.2 Å². The first-order valence-corrected chi connectivity index (χ1v) is 8.26. The number of halogens is 2. The predicted molar refractivity (Wildman–Crippen MR) is 89.9 cm³/mol. The van der Waals surface area contributed by atoms with E-state index in [2.05, 4.69) is 5.32 Å². The molecule has 7 heteroatoms. The van der Waals surface area contributed by atoms with E-state index in [1.165, 1.54) is 0 Å². The van der Waals surface area contributed by atoms with E-state index in [1.54, 1.807) is 23.1 Å². The van der Waals surface area contributed by atoms with Gasteiger partial charge < -0.3 is 15.3 Å². The molecule has 126 valence electrons. The number of nitrogens with one attached hydrogen (secondary N) is 1. The second kappa shape index (κ2) is 7.41. The van der Waals surface area contributed by atoms with Crippen molar-refractivity contribution in [3.8, 4) is 0 Å². The highest BCUT2D eigenvalue weighted by molar-refractivity contribution is 6.35. The maximum atomic E-state index is 12.4. The average Bonchev–Trinajstić information content (AvgIpc) is 2.46. The number of aliphatic carboxylic acids is 1. The van der Waals surface area contributed by atoms with Crippen molar-refractivity contribution in [1.29, 1.82) is 0 Å². The molecule has 1 fully saturated rings. The summed E-state index contributed by atoms with van der Waals surface area (Å²) in [6.45, 7) is 4.56. The number of benzene rings is 1. The second-order valence-electron chi connectivity index (χ2n) is 6.12. The molecule has 2 N–H and O–H groups in total. The van der Waals surface area contributed by atoms with Crippen molar-refractivity contribution in [1.82, 2.24) is 10.2 Å². The second-order valence-corrected chi connectivity index (χ2v) is 6.96. The molecular formula is C16H20Cl2N2O3. The fourth-order valence-corrected chi connectivity index (χ4v) is 3.48. The van der Waals surface area contributed by atoms with Gasteiger partial charge in [0.25, 0.3) is 0 Å². The highest BCUT2D eigenvalue weighted by atomic mass is 35.5. The fraction of sp³-hybridized carbons (Fsp3) is 0.500. The van der Waals surface area contributed by atoms with Crippen LogP contribution < -0.4 is 5.32 Å². The standard InChI is InChI=1S/C16H20Cl2N2O3/c1-9-5-11(15(21)22)8-20(7-9)16(23)19-10(2)13-4-3-12(17)6-14(13)18/h3-4,6,9-11H,5,7-8H2,1-2H3,(H,19,23)(H,21,22)/t9?,10-,11?/m1/s1. The van der Waals surface area contributed by atoms with Crippen molar-refractivity contribution in [2.45, 2.75) is 26.3 Å². The number of likely N-dealkylation sites (tertiary alicyclic amines) is 1. The molecule has 2 unspecified atom stereocenters. The van der Waals surface area contributed by atoms with Crippen LogP contribution in [0.2, 0.25) is 10.0 Å². The van der Waals surface area contributed by atoms with Gasteiger partial charge >= 0.3 is 12.0 Å². The zero-order chi connectivity index (χ0) is 17.1. The number of piperidine rings is 1. The number of nitrogens with zero attached hydrogens (tertiary/aromatic N) is 1. The van der Waals surface area contributed by atoms with Gasteiger partial charge in [-0.1, -0.05) is 36.2 Å². The van der Waals surface area contributed by atoms with Crippen LogP contribution in [-0.4, -0.2) is 35.1 Å². The van der Waals surface area contributed by atoms with Gasteiger partial charge in [0.15, 0.2) is 0 Å². The molecule has 1 heterocycles. The lowest BCUT2D eigenvalue weighted by molar-refractivity contribution is -0.143. The van der Waals surface area contributed by atoms with Crippen LogP contribution >= 0.6 is 23.2 Å². The van der Waals surface area contributed by atoms with E-state index < -0.39 is 11.9 Å². The van der Waals surface area contributed by atoms with E-state index in [1.807, 2.05) is 13.8 Å². The first kappa shape index (κ1) is 17.9. The third kappa shape index (κ3) is 4.52. The SMILES string of the molecule is CC1CC(C(=O)O)CN(C(=O)N[C@H](C)c2ccc(Cl)cc2Cl)C1. The van der Waals surface area contributed by atoms with E-state index in [-0.39, 0.29) is 24.5 Å². The van der Waals surface area contributed by atoms with Gasteiger partial charge in [-0.15, -0.1) is 0 Å². The van der Waals surface area contributed by atoms with E-state index in [0.29, 0.717) is 23.0 Å². The lowest BCUT2D eigenvalue weighted by atomic mass is 9.91. The summed E-state index contributed by atoms with van der Waals surface area (Å²) >= 11 is 12.0. The van der Waals surface area contributed by atoms with E-state index in [9.17, 15) is 14.7 Å². The summed E-state index contributed by atoms with van der Waals surface area (Å²) in [5.74, 6) is -1.22. The highest BCUT2D eigenvalue weighted by Gasteiger charge is 2.32. The Morgan fingerprint density at radius 3 is 2.65 bits per heavy atom. The van der Waals surface area contributed by atoms with Gasteiger partial charge in [0, 0.05) is 23.1 Å². The molecule has 1 aliphatic heterocycles. The van der Waals surface area contributed by atoms with Crippen LogP contribution in [0.3, 0.4) is 0 Å². The number of carboxylic acids is 1. The maximum Gasteiger partial charge on any atom is 0.317 e. The largest absolute Gasteiger partial charge is 0.481 e. The third-order valence-electron chi connectivity index (χ3n) is 4.07. The summed E-state index contributed by atoms with van der Waals surface area (Å²) in [5, 5.41) is 13.1. The normalized spacial score (nSPS) is 22.5. The Labute approximate surface area is 145 Å². The van der Waals surface area contributed by atoms with Crippen molar-refractivity contribution in [2.24, 2.45) is 11.8 Å². The topological polar surface area (TPSA) is 69.6 Å².